The van der Waals surface area contributed by atoms with Gasteiger partial charge in [0.1, 0.15) is 11.9 Å². The van der Waals surface area contributed by atoms with Gasteiger partial charge in [-0.25, -0.2) is 14.2 Å². The van der Waals surface area contributed by atoms with Crippen molar-refractivity contribution in [3.63, 3.8) is 0 Å². The molecule has 2 amide bonds. The fourth-order valence-electron chi connectivity index (χ4n) is 4.02. The molecule has 160 valence electrons. The Morgan fingerprint density at radius 2 is 1.93 bits per heavy atom. The molecule has 0 aliphatic carbocycles. The van der Waals surface area contributed by atoms with E-state index in [-0.39, 0.29) is 24.5 Å². The molecule has 30 heavy (non-hydrogen) atoms. The normalized spacial score (nSPS) is 22.1. The van der Waals surface area contributed by atoms with Crippen LogP contribution >= 0.6 is 11.6 Å². The van der Waals surface area contributed by atoms with Crippen LogP contribution in [0.4, 0.5) is 41.2 Å². The largest absolute Gasteiger partial charge is 0.417 e. The fourth-order valence-corrected chi connectivity index (χ4v) is 4.29. The topological polar surface area (TPSA) is 45.2 Å². The first-order chi connectivity index (χ1) is 13.9. The number of carbonyl (C=O) groups is 1. The van der Waals surface area contributed by atoms with E-state index >= 15 is 0 Å². The lowest BCUT2D eigenvalue weighted by atomic mass is 9.91. The summed E-state index contributed by atoms with van der Waals surface area (Å²) in [5, 5.41) is 1.13. The van der Waals surface area contributed by atoms with Crippen molar-refractivity contribution in [2.75, 3.05) is 5.32 Å². The lowest BCUT2D eigenvalue weighted by molar-refractivity contribution is -0.137. The van der Waals surface area contributed by atoms with Gasteiger partial charge in [0.2, 0.25) is 5.95 Å². The lowest BCUT2D eigenvalue weighted by Crippen LogP contribution is -2.52. The molecule has 12 heteroatoms. The molecular formula is C18H11ClF7N3O. The maximum Gasteiger partial charge on any atom is 0.417 e. The summed E-state index contributed by atoms with van der Waals surface area (Å²) in [6.45, 7) is 0. The number of nitrogens with zero attached hydrogens (tertiary/aromatic N) is 2. The van der Waals surface area contributed by atoms with Gasteiger partial charge in [0, 0.05) is 6.20 Å². The van der Waals surface area contributed by atoms with Gasteiger partial charge in [-0.1, -0.05) is 11.6 Å². The molecule has 2 aliphatic heterocycles. The van der Waals surface area contributed by atoms with Crippen LogP contribution < -0.4 is 5.32 Å². The van der Waals surface area contributed by atoms with Crippen LogP contribution in [0, 0.1) is 11.8 Å². The maximum absolute atomic E-state index is 14.9. The van der Waals surface area contributed by atoms with Crippen LogP contribution in [-0.4, -0.2) is 22.0 Å². The Bertz CT molecular complexity index is 1040. The molecule has 0 spiro atoms. The number of fused-ring (bicyclic) bond motifs is 4. The number of nitrogens with one attached hydrogen (secondary N) is 1. The van der Waals surface area contributed by atoms with E-state index in [0.717, 1.165) is 11.1 Å². The first-order valence-corrected chi connectivity index (χ1v) is 8.99. The molecular weight excluding hydrogens is 443 g/mol. The van der Waals surface area contributed by atoms with Gasteiger partial charge in [-0.2, -0.15) is 26.3 Å². The SMILES string of the molecule is O=C(Nc1cc(Cl)c(C(F)(F)F)cc1F)N1[C@@H]2CC[C@H]1C(F)(F)c1c2ccnc1F. The Labute approximate surface area is 169 Å². The number of benzene rings is 1. The zero-order valence-corrected chi connectivity index (χ0v) is 15.5. The molecule has 3 heterocycles. The molecule has 2 aromatic rings. The fraction of sp³-hybridized carbons (Fsp3) is 0.333. The number of hydrogen-bond donors (Lipinski definition) is 1. The number of hydrogen-bond acceptors (Lipinski definition) is 2. The second-order valence-corrected chi connectivity index (χ2v) is 7.35. The Hall–Kier alpha value is -2.56. The van der Waals surface area contributed by atoms with Gasteiger partial charge < -0.3 is 10.2 Å². The molecule has 0 saturated carbocycles. The van der Waals surface area contributed by atoms with Crippen LogP contribution in [0.15, 0.2) is 24.4 Å². The second kappa shape index (κ2) is 6.73. The number of alkyl halides is 5. The quantitative estimate of drug-likeness (QED) is 0.433. The summed E-state index contributed by atoms with van der Waals surface area (Å²) in [5.74, 6) is -6.53. The smallest absolute Gasteiger partial charge is 0.308 e. The molecule has 1 N–H and O–H groups in total. The highest BCUT2D eigenvalue weighted by molar-refractivity contribution is 6.31. The highest BCUT2D eigenvalue weighted by atomic mass is 35.5. The molecule has 0 radical (unpaired) electrons. The van der Waals surface area contributed by atoms with Crippen LogP contribution in [0.2, 0.25) is 5.02 Å². The van der Waals surface area contributed by atoms with Gasteiger partial charge >= 0.3 is 12.2 Å². The molecule has 4 nitrogen and oxygen atoms in total. The second-order valence-electron chi connectivity index (χ2n) is 6.94. The van der Waals surface area contributed by atoms with E-state index in [9.17, 15) is 35.5 Å². The van der Waals surface area contributed by atoms with E-state index in [1.54, 1.807) is 0 Å². The van der Waals surface area contributed by atoms with Gasteiger partial charge in [-0.05, 0) is 36.6 Å². The van der Waals surface area contributed by atoms with Crippen molar-refractivity contribution in [2.24, 2.45) is 0 Å². The maximum atomic E-state index is 14.9. The van der Waals surface area contributed by atoms with E-state index in [2.05, 4.69) is 4.98 Å². The van der Waals surface area contributed by atoms with E-state index in [4.69, 9.17) is 11.6 Å². The third-order valence-electron chi connectivity index (χ3n) is 5.27. The third kappa shape index (κ3) is 3.06. The zero-order chi connectivity index (χ0) is 22.0. The van der Waals surface area contributed by atoms with Crippen molar-refractivity contribution in [3.05, 3.63) is 57.9 Å². The highest BCUT2D eigenvalue weighted by Gasteiger charge is 2.59. The van der Waals surface area contributed by atoms with Crippen LogP contribution in [0.25, 0.3) is 0 Å². The lowest BCUT2D eigenvalue weighted by Gasteiger charge is -2.40. The number of halogens is 8. The van der Waals surface area contributed by atoms with Gasteiger partial charge in [-0.15, -0.1) is 0 Å². The number of rotatable bonds is 1. The van der Waals surface area contributed by atoms with E-state index in [0.29, 0.717) is 6.07 Å². The average Bonchev–Trinajstić information content (AvgIpc) is 3.04. The number of amides is 2. The van der Waals surface area contributed by atoms with Crippen molar-refractivity contribution in [2.45, 2.75) is 37.0 Å². The Balaban J connectivity index is 1.68. The summed E-state index contributed by atoms with van der Waals surface area (Å²) in [6.07, 6.45) is -3.99. The third-order valence-corrected chi connectivity index (χ3v) is 5.58. The molecule has 4 rings (SSSR count). The molecule has 1 fully saturated rings. The van der Waals surface area contributed by atoms with Crippen LogP contribution in [0.3, 0.4) is 0 Å². The Morgan fingerprint density at radius 1 is 1.23 bits per heavy atom. The van der Waals surface area contributed by atoms with Crippen molar-refractivity contribution >= 4 is 23.3 Å². The van der Waals surface area contributed by atoms with Crippen molar-refractivity contribution in [1.29, 1.82) is 0 Å². The minimum atomic E-state index is -4.92. The Morgan fingerprint density at radius 3 is 2.60 bits per heavy atom. The molecule has 2 bridgehead atoms. The first kappa shape index (κ1) is 20.7. The molecule has 2 atom stereocenters. The standard InChI is InChI=1S/C18H11ClF7N3O/c19-9-6-11(10(20)5-8(9)18(24,25)26)28-16(30)29-12-1-2-13(29)17(22,23)14-7(12)3-4-27-15(14)21/h3-6,12-13H,1-2H2,(H,28,30)/t12-,13+/m1/s1. The first-order valence-electron chi connectivity index (χ1n) is 8.61. The minimum absolute atomic E-state index is 0.0976. The molecule has 1 aromatic heterocycles. The van der Waals surface area contributed by atoms with Crippen LogP contribution in [-0.2, 0) is 12.1 Å². The summed E-state index contributed by atoms with van der Waals surface area (Å²) in [5.41, 5.74) is -3.15. The highest BCUT2D eigenvalue weighted by Crippen LogP contribution is 2.54. The summed E-state index contributed by atoms with van der Waals surface area (Å²) in [7, 11) is 0. The van der Waals surface area contributed by atoms with Gasteiger partial charge in [0.25, 0.3) is 5.92 Å². The average molecular weight is 454 g/mol. The molecule has 0 unspecified atom stereocenters. The van der Waals surface area contributed by atoms with Crippen molar-refractivity contribution in [1.82, 2.24) is 9.88 Å². The van der Waals surface area contributed by atoms with Gasteiger partial charge in [0.05, 0.1) is 27.9 Å². The zero-order valence-electron chi connectivity index (χ0n) is 14.7. The summed E-state index contributed by atoms with van der Waals surface area (Å²) in [6, 6.07) is -1.97. The number of urea groups is 1. The van der Waals surface area contributed by atoms with Crippen LogP contribution in [0.5, 0.6) is 0 Å². The van der Waals surface area contributed by atoms with Crippen LogP contribution in [0.1, 0.15) is 35.6 Å². The monoisotopic (exact) mass is 453 g/mol. The van der Waals surface area contributed by atoms with E-state index in [1.807, 2.05) is 5.32 Å². The molecule has 2 aliphatic rings. The predicted molar refractivity (Wildman–Crippen MR) is 91.1 cm³/mol. The number of carbonyl (C=O) groups excluding carboxylic acids is 1. The van der Waals surface area contributed by atoms with Gasteiger partial charge in [0.15, 0.2) is 0 Å². The minimum Gasteiger partial charge on any atom is -0.308 e. The number of aromatic nitrogens is 1. The number of pyridine rings is 1. The summed E-state index contributed by atoms with van der Waals surface area (Å²) >= 11 is 5.53. The molecule has 1 aromatic carbocycles. The van der Waals surface area contributed by atoms with Crippen molar-refractivity contribution in [3.8, 4) is 0 Å². The molecule has 1 saturated heterocycles. The van der Waals surface area contributed by atoms with Crippen molar-refractivity contribution < 1.29 is 35.5 Å². The Kier molecular flexibility index (Phi) is 4.64. The van der Waals surface area contributed by atoms with E-state index < -0.39 is 63.8 Å². The summed E-state index contributed by atoms with van der Waals surface area (Å²) in [4.78, 5) is 16.7. The predicted octanol–water partition coefficient (Wildman–Crippen LogP) is 5.88. The summed E-state index contributed by atoms with van der Waals surface area (Å²) < 4.78 is 96.4. The number of anilines is 1. The van der Waals surface area contributed by atoms with E-state index in [1.165, 1.54) is 6.07 Å². The van der Waals surface area contributed by atoms with Gasteiger partial charge in [-0.3, -0.25) is 0 Å².